The predicted octanol–water partition coefficient (Wildman–Crippen LogP) is 1.43. The summed E-state index contributed by atoms with van der Waals surface area (Å²) in [5.41, 5.74) is 0. The van der Waals surface area contributed by atoms with Crippen LogP contribution in [0.5, 0.6) is 0 Å². The van der Waals surface area contributed by atoms with Crippen LogP contribution in [0.25, 0.3) is 0 Å². The van der Waals surface area contributed by atoms with E-state index in [1.807, 2.05) is 13.8 Å². The number of imide groups is 1. The van der Waals surface area contributed by atoms with Gasteiger partial charge in [0.1, 0.15) is 0 Å². The zero-order chi connectivity index (χ0) is 9.72. The molecule has 0 heterocycles. The Kier molecular flexibility index (Phi) is 4.55. The maximum Gasteiger partial charge on any atom is 0.231 e. The number of hydrogen-bond acceptors (Lipinski definition) is 2. The molecule has 3 nitrogen and oxygen atoms in total. The molecule has 3 heteroatoms. The third-order valence-electron chi connectivity index (χ3n) is 1.95. The number of rotatable bonds is 3. The number of amides is 2. The highest BCUT2D eigenvalue weighted by Gasteiger charge is 2.18. The molecule has 0 aliphatic rings. The van der Waals surface area contributed by atoms with Crippen LogP contribution in [0.4, 0.5) is 0 Å². The molecule has 0 bridgehead atoms. The summed E-state index contributed by atoms with van der Waals surface area (Å²) in [6, 6.07) is 0. The average molecular weight is 171 g/mol. The van der Waals surface area contributed by atoms with E-state index < -0.39 is 0 Å². The van der Waals surface area contributed by atoms with Gasteiger partial charge in [0.2, 0.25) is 11.8 Å². The van der Waals surface area contributed by atoms with Gasteiger partial charge in [0.25, 0.3) is 0 Å². The molecule has 70 valence electrons. The molecule has 0 aromatic carbocycles. The Labute approximate surface area is 73.7 Å². The summed E-state index contributed by atoms with van der Waals surface area (Å²) >= 11 is 0. The minimum atomic E-state index is -0.192. The van der Waals surface area contributed by atoms with Crippen molar-refractivity contribution in [3.05, 3.63) is 0 Å². The molecule has 0 aromatic heterocycles. The third-order valence-corrected chi connectivity index (χ3v) is 1.95. The normalized spacial score (nSPS) is 12.3. The molecule has 0 aliphatic heterocycles. The van der Waals surface area contributed by atoms with E-state index in [4.69, 9.17) is 0 Å². The van der Waals surface area contributed by atoms with Crippen LogP contribution in [0.3, 0.4) is 0 Å². The van der Waals surface area contributed by atoms with Crippen molar-refractivity contribution in [2.75, 3.05) is 7.05 Å². The van der Waals surface area contributed by atoms with Crippen molar-refractivity contribution in [1.82, 2.24) is 4.90 Å². The number of carbonyl (C=O) groups is 2. The number of carbonyl (C=O) groups excluding carboxylic acids is 2. The Morgan fingerprint density at radius 2 is 1.92 bits per heavy atom. The van der Waals surface area contributed by atoms with E-state index in [0.717, 1.165) is 12.8 Å². The first kappa shape index (κ1) is 11.1. The maximum absolute atomic E-state index is 11.4. The van der Waals surface area contributed by atoms with Crippen LogP contribution in [0.2, 0.25) is 0 Å². The molecule has 12 heavy (non-hydrogen) atoms. The molecule has 1 unspecified atom stereocenters. The van der Waals surface area contributed by atoms with Gasteiger partial charge in [0.15, 0.2) is 0 Å². The highest BCUT2D eigenvalue weighted by molar-refractivity contribution is 5.94. The summed E-state index contributed by atoms with van der Waals surface area (Å²) in [6.45, 7) is 5.28. The van der Waals surface area contributed by atoms with Gasteiger partial charge in [-0.05, 0) is 6.42 Å². The minimum Gasteiger partial charge on any atom is -0.286 e. The average Bonchev–Trinajstić information content (AvgIpc) is 2.02. The summed E-state index contributed by atoms with van der Waals surface area (Å²) in [6.07, 6.45) is 1.81. The second kappa shape index (κ2) is 4.91. The predicted molar refractivity (Wildman–Crippen MR) is 47.5 cm³/mol. The minimum absolute atomic E-state index is 0.0381. The highest BCUT2D eigenvalue weighted by atomic mass is 16.2. The van der Waals surface area contributed by atoms with Crippen molar-refractivity contribution in [3.8, 4) is 0 Å². The van der Waals surface area contributed by atoms with Crippen LogP contribution >= 0.6 is 0 Å². The van der Waals surface area contributed by atoms with Gasteiger partial charge in [0, 0.05) is 19.9 Å². The Bertz CT molecular complexity index is 177. The molecule has 0 saturated heterocycles. The molecule has 0 spiro atoms. The summed E-state index contributed by atoms with van der Waals surface area (Å²) in [5.74, 6) is -0.309. The van der Waals surface area contributed by atoms with E-state index in [-0.39, 0.29) is 17.7 Å². The maximum atomic E-state index is 11.4. The summed E-state index contributed by atoms with van der Waals surface area (Å²) < 4.78 is 0. The Hall–Kier alpha value is -0.860. The third kappa shape index (κ3) is 3.03. The molecule has 0 fully saturated rings. The van der Waals surface area contributed by atoms with Crippen LogP contribution in [-0.2, 0) is 9.59 Å². The van der Waals surface area contributed by atoms with E-state index in [9.17, 15) is 9.59 Å². The lowest BCUT2D eigenvalue weighted by Gasteiger charge is -2.17. The molecule has 0 N–H and O–H groups in total. The second-order valence-electron chi connectivity index (χ2n) is 3.11. The van der Waals surface area contributed by atoms with E-state index in [1.165, 1.54) is 18.9 Å². The fraction of sp³-hybridized carbons (Fsp3) is 0.778. The number of hydrogen-bond donors (Lipinski definition) is 0. The molecule has 0 aromatic rings. The van der Waals surface area contributed by atoms with Crippen molar-refractivity contribution in [2.45, 2.75) is 33.6 Å². The number of nitrogens with zero attached hydrogens (tertiary/aromatic N) is 1. The SMILES string of the molecule is CCCC(C)C(=O)N(C)C(C)=O. The Morgan fingerprint density at radius 3 is 2.25 bits per heavy atom. The van der Waals surface area contributed by atoms with Crippen LogP contribution in [0.1, 0.15) is 33.6 Å². The van der Waals surface area contributed by atoms with Crippen LogP contribution in [0.15, 0.2) is 0 Å². The van der Waals surface area contributed by atoms with Crippen LogP contribution < -0.4 is 0 Å². The largest absolute Gasteiger partial charge is 0.286 e. The van der Waals surface area contributed by atoms with Gasteiger partial charge in [-0.3, -0.25) is 14.5 Å². The van der Waals surface area contributed by atoms with Crippen molar-refractivity contribution < 1.29 is 9.59 Å². The van der Waals surface area contributed by atoms with Crippen LogP contribution in [-0.4, -0.2) is 23.8 Å². The van der Waals surface area contributed by atoms with Crippen molar-refractivity contribution in [3.63, 3.8) is 0 Å². The van der Waals surface area contributed by atoms with Gasteiger partial charge in [-0.15, -0.1) is 0 Å². The lowest BCUT2D eigenvalue weighted by Crippen LogP contribution is -2.35. The fourth-order valence-electron chi connectivity index (χ4n) is 1.04. The molecule has 0 saturated carbocycles. The van der Waals surface area contributed by atoms with Gasteiger partial charge < -0.3 is 0 Å². The quantitative estimate of drug-likeness (QED) is 0.644. The van der Waals surface area contributed by atoms with E-state index in [0.29, 0.717) is 0 Å². The van der Waals surface area contributed by atoms with E-state index in [2.05, 4.69) is 0 Å². The summed E-state index contributed by atoms with van der Waals surface area (Å²) in [4.78, 5) is 23.4. The second-order valence-corrected chi connectivity index (χ2v) is 3.11. The lowest BCUT2D eigenvalue weighted by molar-refractivity contribution is -0.144. The molecular formula is C9H17NO2. The van der Waals surface area contributed by atoms with E-state index in [1.54, 1.807) is 0 Å². The van der Waals surface area contributed by atoms with Gasteiger partial charge in [-0.2, -0.15) is 0 Å². The first-order valence-electron chi connectivity index (χ1n) is 4.28. The summed E-state index contributed by atoms with van der Waals surface area (Å²) in [5, 5.41) is 0. The first-order chi connectivity index (χ1) is 5.50. The van der Waals surface area contributed by atoms with Gasteiger partial charge in [-0.25, -0.2) is 0 Å². The lowest BCUT2D eigenvalue weighted by atomic mass is 10.1. The van der Waals surface area contributed by atoms with Crippen LogP contribution in [0, 0.1) is 5.92 Å². The molecule has 1 atom stereocenters. The molecule has 0 aliphatic carbocycles. The van der Waals surface area contributed by atoms with Gasteiger partial charge >= 0.3 is 0 Å². The Morgan fingerprint density at radius 1 is 1.42 bits per heavy atom. The molecular weight excluding hydrogens is 154 g/mol. The highest BCUT2D eigenvalue weighted by Crippen LogP contribution is 2.08. The van der Waals surface area contributed by atoms with Crippen molar-refractivity contribution in [1.29, 1.82) is 0 Å². The van der Waals surface area contributed by atoms with Crippen molar-refractivity contribution >= 4 is 11.8 Å². The fourth-order valence-corrected chi connectivity index (χ4v) is 1.04. The zero-order valence-electron chi connectivity index (χ0n) is 8.26. The van der Waals surface area contributed by atoms with Gasteiger partial charge in [-0.1, -0.05) is 20.3 Å². The Balaban J connectivity index is 4.09. The molecule has 0 radical (unpaired) electrons. The van der Waals surface area contributed by atoms with E-state index >= 15 is 0 Å². The summed E-state index contributed by atoms with van der Waals surface area (Å²) in [7, 11) is 1.52. The molecule has 0 rings (SSSR count). The van der Waals surface area contributed by atoms with Gasteiger partial charge in [0.05, 0.1) is 0 Å². The van der Waals surface area contributed by atoms with Crippen molar-refractivity contribution in [2.24, 2.45) is 5.92 Å². The first-order valence-corrected chi connectivity index (χ1v) is 4.28. The smallest absolute Gasteiger partial charge is 0.231 e. The topological polar surface area (TPSA) is 37.4 Å². The zero-order valence-corrected chi connectivity index (χ0v) is 8.26. The standard InChI is InChI=1S/C9H17NO2/c1-5-6-7(2)9(12)10(4)8(3)11/h7H,5-6H2,1-4H3. The monoisotopic (exact) mass is 171 g/mol. The molecule has 2 amide bonds.